The van der Waals surface area contributed by atoms with Crippen molar-refractivity contribution in [3.8, 4) is 0 Å². The number of carbonyl (C=O) groups excluding carboxylic acids is 2. The molecule has 0 radical (unpaired) electrons. The summed E-state index contributed by atoms with van der Waals surface area (Å²) in [4.78, 5) is 27.7. The Kier molecular flexibility index (Phi) is 10.6. The molecule has 2 amide bonds. The third-order valence-corrected chi connectivity index (χ3v) is 8.68. The molecule has 0 bridgehead atoms. The fourth-order valence-electron chi connectivity index (χ4n) is 3.95. The molecule has 2 atom stereocenters. The Morgan fingerprint density at radius 1 is 0.976 bits per heavy atom. The van der Waals surface area contributed by atoms with E-state index >= 15 is 0 Å². The fourth-order valence-corrected chi connectivity index (χ4v) is 5.66. The van der Waals surface area contributed by atoms with E-state index in [0.29, 0.717) is 28.4 Å². The first-order chi connectivity index (χ1) is 19.6. The van der Waals surface area contributed by atoms with Crippen molar-refractivity contribution in [1.29, 1.82) is 0 Å². The van der Waals surface area contributed by atoms with Crippen molar-refractivity contribution in [1.82, 2.24) is 10.2 Å². The Morgan fingerprint density at radius 2 is 1.60 bits per heavy atom. The average Bonchev–Trinajstić information content (AvgIpc) is 2.95. The van der Waals surface area contributed by atoms with Crippen LogP contribution in [-0.2, 0) is 32.3 Å². The highest BCUT2D eigenvalue weighted by atomic mass is 35.5. The number of nitrogens with zero attached hydrogens (tertiary/aromatic N) is 2. The maximum atomic E-state index is 13.9. The molecule has 7 nitrogen and oxygen atoms in total. The lowest BCUT2D eigenvalue weighted by molar-refractivity contribution is -0.139. The summed E-state index contributed by atoms with van der Waals surface area (Å²) in [6.07, 6.45) is -4.23. The van der Waals surface area contributed by atoms with Crippen molar-refractivity contribution < 1.29 is 35.6 Å². The van der Waals surface area contributed by atoms with E-state index in [4.69, 9.17) is 11.6 Å². The van der Waals surface area contributed by atoms with Gasteiger partial charge in [0.25, 0.3) is 10.0 Å². The van der Waals surface area contributed by atoms with Crippen LogP contribution in [0, 0.1) is 5.82 Å². The maximum Gasteiger partial charge on any atom is 0.416 e. The smallest absolute Gasteiger partial charge is 0.352 e. The Hall–Kier alpha value is -3.64. The molecule has 42 heavy (non-hydrogen) atoms. The Labute approximate surface area is 247 Å². The summed E-state index contributed by atoms with van der Waals surface area (Å²) in [5, 5.41) is 2.42. The Balaban J connectivity index is 2.11. The average molecular weight is 628 g/mol. The molecule has 3 rings (SSSR count). The molecule has 0 heterocycles. The number of amides is 2. The zero-order valence-corrected chi connectivity index (χ0v) is 24.6. The first-order valence-electron chi connectivity index (χ1n) is 12.9. The summed E-state index contributed by atoms with van der Waals surface area (Å²) in [5.41, 5.74) is -1.31. The number of halogens is 5. The molecule has 0 spiro atoms. The first kappa shape index (κ1) is 32.9. The monoisotopic (exact) mass is 627 g/mol. The predicted octanol–water partition coefficient (Wildman–Crippen LogP) is 6.03. The summed E-state index contributed by atoms with van der Waals surface area (Å²) in [6, 6.07) is 12.8. The van der Waals surface area contributed by atoms with E-state index in [9.17, 15) is 35.6 Å². The SMILES string of the molecule is CC[C@H](C)NC(=O)[C@H](C)N(Cc1ccc(F)cc1)C(=O)CN(c1cc(C(F)(F)F)ccc1Cl)S(=O)(=O)c1ccccc1. The summed E-state index contributed by atoms with van der Waals surface area (Å²) >= 11 is 6.23. The number of carbonyl (C=O) groups is 2. The van der Waals surface area contributed by atoms with Crippen LogP contribution in [0.25, 0.3) is 0 Å². The zero-order chi connectivity index (χ0) is 31.2. The van der Waals surface area contributed by atoms with Gasteiger partial charge in [0.2, 0.25) is 11.8 Å². The van der Waals surface area contributed by atoms with Gasteiger partial charge < -0.3 is 10.2 Å². The van der Waals surface area contributed by atoms with Crippen molar-refractivity contribution in [2.24, 2.45) is 0 Å². The molecule has 1 N–H and O–H groups in total. The Morgan fingerprint density at radius 3 is 2.17 bits per heavy atom. The van der Waals surface area contributed by atoms with Gasteiger partial charge in [-0.2, -0.15) is 13.2 Å². The number of benzene rings is 3. The van der Waals surface area contributed by atoms with Gasteiger partial charge in [0.1, 0.15) is 18.4 Å². The lowest BCUT2D eigenvalue weighted by Gasteiger charge is -2.33. The molecule has 0 aliphatic heterocycles. The number of hydrogen-bond donors (Lipinski definition) is 1. The summed E-state index contributed by atoms with van der Waals surface area (Å²) in [6.45, 7) is 3.85. The third-order valence-electron chi connectivity index (χ3n) is 6.59. The largest absolute Gasteiger partial charge is 0.416 e. The quantitative estimate of drug-likeness (QED) is 0.263. The van der Waals surface area contributed by atoms with Gasteiger partial charge in [-0.15, -0.1) is 0 Å². The van der Waals surface area contributed by atoms with E-state index in [1.807, 2.05) is 6.92 Å². The molecular formula is C29H30ClF4N3O4S. The normalized spacial score (nSPS) is 13.2. The van der Waals surface area contributed by atoms with Crippen LogP contribution in [0.5, 0.6) is 0 Å². The standard InChI is InChI=1S/C29H30ClF4N3O4S/c1-4-19(2)35-28(39)20(3)36(17-21-10-13-23(31)14-11-21)27(38)18-37(42(40,41)24-8-6-5-7-9-24)26-16-22(29(32,33)34)12-15-25(26)30/h5-16,19-20H,4,17-18H2,1-3H3,(H,35,39)/t19-,20-/m0/s1. The molecule has 0 saturated carbocycles. The highest BCUT2D eigenvalue weighted by Crippen LogP contribution is 2.37. The van der Waals surface area contributed by atoms with Gasteiger partial charge in [-0.25, -0.2) is 12.8 Å². The molecule has 0 fully saturated rings. The number of sulfonamides is 1. The van der Waals surface area contributed by atoms with Gasteiger partial charge in [0, 0.05) is 12.6 Å². The lowest BCUT2D eigenvalue weighted by Crippen LogP contribution is -2.52. The summed E-state index contributed by atoms with van der Waals surface area (Å²) in [5.74, 6) is -1.97. The van der Waals surface area contributed by atoms with Crippen molar-refractivity contribution >= 4 is 39.1 Å². The molecule has 3 aromatic rings. The minimum atomic E-state index is -4.83. The van der Waals surface area contributed by atoms with Gasteiger partial charge in [-0.1, -0.05) is 48.9 Å². The van der Waals surface area contributed by atoms with E-state index in [2.05, 4.69) is 5.32 Å². The number of alkyl halides is 3. The molecular weight excluding hydrogens is 598 g/mol. The first-order valence-corrected chi connectivity index (χ1v) is 14.8. The van der Waals surface area contributed by atoms with Gasteiger partial charge >= 0.3 is 6.18 Å². The second-order valence-electron chi connectivity index (χ2n) is 9.63. The minimum Gasteiger partial charge on any atom is -0.352 e. The van der Waals surface area contributed by atoms with Crippen LogP contribution in [0.15, 0.2) is 77.7 Å². The lowest BCUT2D eigenvalue weighted by atomic mass is 10.1. The molecule has 3 aromatic carbocycles. The van der Waals surface area contributed by atoms with Gasteiger partial charge in [0.05, 0.1) is 21.2 Å². The van der Waals surface area contributed by atoms with Gasteiger partial charge in [-0.05, 0) is 68.3 Å². The highest BCUT2D eigenvalue weighted by molar-refractivity contribution is 7.92. The van der Waals surface area contributed by atoms with E-state index in [-0.39, 0.29) is 22.5 Å². The third kappa shape index (κ3) is 8.01. The number of anilines is 1. The van der Waals surface area contributed by atoms with Crippen LogP contribution in [0.4, 0.5) is 23.2 Å². The van der Waals surface area contributed by atoms with E-state index in [1.165, 1.54) is 43.3 Å². The van der Waals surface area contributed by atoms with E-state index in [0.717, 1.165) is 23.1 Å². The van der Waals surface area contributed by atoms with Crippen molar-refractivity contribution in [3.63, 3.8) is 0 Å². The second-order valence-corrected chi connectivity index (χ2v) is 11.9. The van der Waals surface area contributed by atoms with E-state index in [1.54, 1.807) is 13.0 Å². The fraction of sp³-hybridized carbons (Fsp3) is 0.310. The van der Waals surface area contributed by atoms with Crippen LogP contribution in [0.3, 0.4) is 0 Å². The highest BCUT2D eigenvalue weighted by Gasteiger charge is 2.36. The molecule has 0 aliphatic carbocycles. The van der Waals surface area contributed by atoms with Gasteiger partial charge in [-0.3, -0.25) is 13.9 Å². The van der Waals surface area contributed by atoms with Crippen LogP contribution in [0.2, 0.25) is 5.02 Å². The van der Waals surface area contributed by atoms with Crippen LogP contribution in [0.1, 0.15) is 38.3 Å². The van der Waals surface area contributed by atoms with Crippen LogP contribution in [-0.4, -0.2) is 43.8 Å². The predicted molar refractivity (Wildman–Crippen MR) is 152 cm³/mol. The molecule has 0 aliphatic rings. The maximum absolute atomic E-state index is 13.9. The van der Waals surface area contributed by atoms with Crippen LogP contribution < -0.4 is 9.62 Å². The molecule has 0 saturated heterocycles. The summed E-state index contributed by atoms with van der Waals surface area (Å²) in [7, 11) is -4.63. The number of hydrogen-bond acceptors (Lipinski definition) is 4. The topological polar surface area (TPSA) is 86.8 Å². The zero-order valence-electron chi connectivity index (χ0n) is 23.0. The van der Waals surface area contributed by atoms with Gasteiger partial charge in [0.15, 0.2) is 0 Å². The second kappa shape index (κ2) is 13.6. The Bertz CT molecular complexity index is 1500. The molecule has 0 aromatic heterocycles. The number of rotatable bonds is 11. The van der Waals surface area contributed by atoms with Crippen molar-refractivity contribution in [2.45, 2.75) is 56.9 Å². The molecule has 13 heteroatoms. The van der Waals surface area contributed by atoms with Crippen LogP contribution >= 0.6 is 11.6 Å². The van der Waals surface area contributed by atoms with Crippen molar-refractivity contribution in [3.05, 3.63) is 94.8 Å². The van der Waals surface area contributed by atoms with Crippen molar-refractivity contribution in [2.75, 3.05) is 10.8 Å². The molecule has 0 unspecified atom stereocenters. The number of nitrogens with one attached hydrogen (secondary N) is 1. The summed E-state index contributed by atoms with van der Waals surface area (Å²) < 4.78 is 82.5. The molecule has 226 valence electrons. The minimum absolute atomic E-state index is 0.218. The van der Waals surface area contributed by atoms with E-state index < -0.39 is 57.7 Å².